The van der Waals surface area contributed by atoms with Crippen LogP contribution < -0.4 is 4.90 Å². The molecule has 76 valence electrons. The minimum absolute atomic E-state index is 0.252. The fourth-order valence-electron chi connectivity index (χ4n) is 1.82. The van der Waals surface area contributed by atoms with Gasteiger partial charge in [0.25, 0.3) is 0 Å². The number of hydrogen-bond donors (Lipinski definition) is 1. The number of aromatic hydroxyl groups is 1. The van der Waals surface area contributed by atoms with Crippen LogP contribution >= 0.6 is 0 Å². The van der Waals surface area contributed by atoms with Crippen LogP contribution in [0.4, 0.5) is 10.1 Å². The van der Waals surface area contributed by atoms with Crippen molar-refractivity contribution in [1.29, 1.82) is 0 Å². The van der Waals surface area contributed by atoms with Crippen LogP contribution in [-0.4, -0.2) is 24.4 Å². The highest BCUT2D eigenvalue weighted by molar-refractivity contribution is 5.49. The first-order valence-electron chi connectivity index (χ1n) is 4.94. The van der Waals surface area contributed by atoms with Crippen molar-refractivity contribution in [3.05, 3.63) is 24.3 Å². The van der Waals surface area contributed by atoms with Gasteiger partial charge in [-0.15, -0.1) is 0 Å². The van der Waals surface area contributed by atoms with E-state index >= 15 is 0 Å². The second kappa shape index (κ2) is 3.86. The minimum atomic E-state index is -0.711. The average molecular weight is 195 g/mol. The number of piperidine rings is 1. The summed E-state index contributed by atoms with van der Waals surface area (Å²) in [5.41, 5.74) is 0.991. The van der Waals surface area contributed by atoms with Crippen LogP contribution in [-0.2, 0) is 0 Å². The van der Waals surface area contributed by atoms with E-state index in [1.165, 1.54) is 0 Å². The molecule has 0 bridgehead atoms. The zero-order valence-corrected chi connectivity index (χ0v) is 7.99. The third-order valence-corrected chi connectivity index (χ3v) is 2.58. The molecule has 0 radical (unpaired) electrons. The van der Waals surface area contributed by atoms with Crippen molar-refractivity contribution in [2.24, 2.45) is 0 Å². The van der Waals surface area contributed by atoms with E-state index in [0.29, 0.717) is 13.0 Å². The molecule has 1 heterocycles. The molecule has 1 fully saturated rings. The molecule has 0 aliphatic carbocycles. The number of alkyl halides is 1. The van der Waals surface area contributed by atoms with Crippen molar-refractivity contribution in [2.45, 2.75) is 19.0 Å². The molecule has 0 aromatic heterocycles. The minimum Gasteiger partial charge on any atom is -0.508 e. The number of nitrogens with zero attached hydrogens (tertiary/aromatic N) is 1. The second-order valence-electron chi connectivity index (χ2n) is 3.70. The van der Waals surface area contributed by atoms with E-state index < -0.39 is 6.17 Å². The Labute approximate surface area is 83.0 Å². The van der Waals surface area contributed by atoms with Crippen LogP contribution in [0, 0.1) is 0 Å². The van der Waals surface area contributed by atoms with Gasteiger partial charge in [0, 0.05) is 18.8 Å². The van der Waals surface area contributed by atoms with Gasteiger partial charge >= 0.3 is 0 Å². The molecule has 14 heavy (non-hydrogen) atoms. The Balaban J connectivity index is 2.10. The fraction of sp³-hybridized carbons (Fsp3) is 0.455. The summed E-state index contributed by atoms with van der Waals surface area (Å²) in [5.74, 6) is 0.252. The topological polar surface area (TPSA) is 23.5 Å². The van der Waals surface area contributed by atoms with Gasteiger partial charge in [-0.3, -0.25) is 0 Å². The van der Waals surface area contributed by atoms with E-state index in [4.69, 9.17) is 5.11 Å². The molecule has 3 heteroatoms. The summed E-state index contributed by atoms with van der Waals surface area (Å²) in [5, 5.41) is 9.11. The largest absolute Gasteiger partial charge is 0.508 e. The van der Waals surface area contributed by atoms with Crippen LogP contribution in [0.3, 0.4) is 0 Å². The van der Waals surface area contributed by atoms with E-state index in [0.717, 1.165) is 18.7 Å². The maximum atomic E-state index is 13.1. The van der Waals surface area contributed by atoms with E-state index in [1.54, 1.807) is 12.1 Å². The van der Waals surface area contributed by atoms with Crippen LogP contribution in [0.25, 0.3) is 0 Å². The van der Waals surface area contributed by atoms with Gasteiger partial charge in [-0.2, -0.15) is 0 Å². The second-order valence-corrected chi connectivity index (χ2v) is 3.70. The van der Waals surface area contributed by atoms with Gasteiger partial charge in [0.1, 0.15) is 11.9 Å². The Hall–Kier alpha value is -1.25. The summed E-state index contributed by atoms with van der Waals surface area (Å²) in [6.45, 7) is 1.38. The van der Waals surface area contributed by atoms with E-state index in [9.17, 15) is 4.39 Å². The van der Waals surface area contributed by atoms with Crippen molar-refractivity contribution >= 4 is 5.69 Å². The monoisotopic (exact) mass is 195 g/mol. The molecule has 1 aromatic carbocycles. The number of halogens is 1. The molecule has 1 atom stereocenters. The Morgan fingerprint density at radius 3 is 2.64 bits per heavy atom. The number of benzene rings is 1. The lowest BCUT2D eigenvalue weighted by atomic mass is 10.1. The lowest BCUT2D eigenvalue weighted by Gasteiger charge is -2.30. The SMILES string of the molecule is Oc1ccc(N2CCCC(F)C2)cc1. The zero-order chi connectivity index (χ0) is 9.97. The predicted molar refractivity (Wildman–Crippen MR) is 54.4 cm³/mol. The lowest BCUT2D eigenvalue weighted by molar-refractivity contribution is 0.287. The fourth-order valence-corrected chi connectivity index (χ4v) is 1.82. The molecular formula is C11H14FNO. The Kier molecular flexibility index (Phi) is 2.57. The average Bonchev–Trinajstić information content (AvgIpc) is 2.19. The standard InChI is InChI=1S/C11H14FNO/c12-9-2-1-7-13(8-9)10-3-5-11(14)6-4-10/h3-6,9,14H,1-2,7-8H2. The van der Waals surface area contributed by atoms with Crippen molar-refractivity contribution in [2.75, 3.05) is 18.0 Å². The molecule has 0 spiro atoms. The molecule has 1 unspecified atom stereocenters. The van der Waals surface area contributed by atoms with Crippen LogP contribution in [0.1, 0.15) is 12.8 Å². The first kappa shape index (κ1) is 9.31. The molecule has 1 aromatic rings. The van der Waals surface area contributed by atoms with Crippen LogP contribution in [0.5, 0.6) is 5.75 Å². The summed E-state index contributed by atoms with van der Waals surface area (Å²) in [6.07, 6.45) is 0.869. The summed E-state index contributed by atoms with van der Waals surface area (Å²) in [4.78, 5) is 2.02. The molecule has 1 saturated heterocycles. The van der Waals surface area contributed by atoms with Gasteiger partial charge in [-0.05, 0) is 37.1 Å². The summed E-state index contributed by atoms with van der Waals surface area (Å²) in [6, 6.07) is 6.93. The molecular weight excluding hydrogens is 181 g/mol. The van der Waals surface area contributed by atoms with Crippen molar-refractivity contribution < 1.29 is 9.50 Å². The van der Waals surface area contributed by atoms with Crippen molar-refractivity contribution in [1.82, 2.24) is 0 Å². The van der Waals surface area contributed by atoms with E-state index in [2.05, 4.69) is 0 Å². The Morgan fingerprint density at radius 2 is 2.00 bits per heavy atom. The maximum Gasteiger partial charge on any atom is 0.118 e. The summed E-state index contributed by atoms with van der Waals surface area (Å²) in [7, 11) is 0. The van der Waals surface area contributed by atoms with E-state index in [1.807, 2.05) is 17.0 Å². The smallest absolute Gasteiger partial charge is 0.118 e. The number of phenols is 1. The van der Waals surface area contributed by atoms with Gasteiger partial charge in [-0.1, -0.05) is 0 Å². The molecule has 1 N–H and O–H groups in total. The normalized spacial score (nSPS) is 22.4. The van der Waals surface area contributed by atoms with Gasteiger partial charge in [0.2, 0.25) is 0 Å². The Bertz CT molecular complexity index is 299. The quantitative estimate of drug-likeness (QED) is 0.743. The number of rotatable bonds is 1. The molecule has 1 aliphatic rings. The van der Waals surface area contributed by atoms with Gasteiger partial charge in [-0.25, -0.2) is 4.39 Å². The van der Waals surface area contributed by atoms with Gasteiger partial charge in [0.05, 0.1) is 0 Å². The van der Waals surface area contributed by atoms with Gasteiger partial charge < -0.3 is 10.0 Å². The third kappa shape index (κ3) is 1.97. The first-order chi connectivity index (χ1) is 6.75. The summed E-state index contributed by atoms with van der Waals surface area (Å²) >= 11 is 0. The first-order valence-corrected chi connectivity index (χ1v) is 4.94. The van der Waals surface area contributed by atoms with Crippen LogP contribution in [0.15, 0.2) is 24.3 Å². The van der Waals surface area contributed by atoms with Crippen molar-refractivity contribution in [3.8, 4) is 5.75 Å². The highest BCUT2D eigenvalue weighted by Crippen LogP contribution is 2.23. The van der Waals surface area contributed by atoms with Gasteiger partial charge in [0.15, 0.2) is 0 Å². The molecule has 2 rings (SSSR count). The maximum absolute atomic E-state index is 13.1. The number of anilines is 1. The number of hydrogen-bond acceptors (Lipinski definition) is 2. The Morgan fingerprint density at radius 1 is 1.29 bits per heavy atom. The molecule has 0 amide bonds. The highest BCUT2D eigenvalue weighted by Gasteiger charge is 2.18. The van der Waals surface area contributed by atoms with Crippen LogP contribution in [0.2, 0.25) is 0 Å². The predicted octanol–water partition coefficient (Wildman–Crippen LogP) is 2.33. The number of phenolic OH excluding ortho intramolecular Hbond substituents is 1. The highest BCUT2D eigenvalue weighted by atomic mass is 19.1. The molecule has 1 aliphatic heterocycles. The summed E-state index contributed by atoms with van der Waals surface area (Å²) < 4.78 is 13.1. The van der Waals surface area contributed by atoms with Crippen molar-refractivity contribution in [3.63, 3.8) is 0 Å². The zero-order valence-electron chi connectivity index (χ0n) is 7.99. The van der Waals surface area contributed by atoms with E-state index in [-0.39, 0.29) is 5.75 Å². The molecule has 2 nitrogen and oxygen atoms in total. The lowest BCUT2D eigenvalue weighted by Crippen LogP contribution is -2.36. The third-order valence-electron chi connectivity index (χ3n) is 2.58. The molecule has 0 saturated carbocycles.